The van der Waals surface area contributed by atoms with E-state index in [2.05, 4.69) is 15.0 Å². The van der Waals surface area contributed by atoms with E-state index in [1.807, 2.05) is 18.7 Å². The number of anilines is 2. The highest BCUT2D eigenvalue weighted by molar-refractivity contribution is 5.35. The average molecular weight is 285 g/mol. The van der Waals surface area contributed by atoms with Crippen molar-refractivity contribution in [3.05, 3.63) is 0 Å². The molecule has 0 bridgehead atoms. The minimum Gasteiger partial charge on any atom is -0.467 e. The maximum absolute atomic E-state index is 5.65. The largest absolute Gasteiger partial charge is 0.467 e. The molecule has 2 N–H and O–H groups in total. The van der Waals surface area contributed by atoms with Crippen LogP contribution in [0.1, 0.15) is 13.8 Å². The Bertz CT molecular complexity index is 381. The number of methoxy groups -OCH3 is 1. The summed E-state index contributed by atoms with van der Waals surface area (Å²) in [6, 6.07) is 0.199. The molecule has 1 aromatic heterocycles. The fraction of sp³-hybridized carbons (Fsp3) is 0.750. The van der Waals surface area contributed by atoms with E-state index in [1.54, 1.807) is 0 Å². The van der Waals surface area contributed by atoms with Gasteiger partial charge in [0.2, 0.25) is 11.9 Å². The first-order valence-corrected chi connectivity index (χ1v) is 6.67. The lowest BCUT2D eigenvalue weighted by Gasteiger charge is -2.22. The first kappa shape index (κ1) is 16.4. The molecule has 0 radical (unpaired) electrons. The second-order valence-corrected chi connectivity index (χ2v) is 3.86. The first-order valence-electron chi connectivity index (χ1n) is 6.67. The molecule has 0 aliphatic heterocycles. The standard InChI is InChI=1S/C12H23N5O3/c1-4-19-8-6-17(7-9-20-5-2)11-14-10(13)15-12(16-11)18-3/h4-9H2,1-3H3,(H2,13,14,15,16). The second kappa shape index (κ2) is 9.27. The number of aromatic nitrogens is 3. The topological polar surface area (TPSA) is 95.6 Å². The average Bonchev–Trinajstić information content (AvgIpc) is 2.45. The minimum absolute atomic E-state index is 0.129. The van der Waals surface area contributed by atoms with Gasteiger partial charge in [-0.25, -0.2) is 0 Å². The van der Waals surface area contributed by atoms with Crippen molar-refractivity contribution in [2.24, 2.45) is 0 Å². The number of nitrogen functional groups attached to an aromatic ring is 1. The summed E-state index contributed by atoms with van der Waals surface area (Å²) in [5.74, 6) is 0.596. The van der Waals surface area contributed by atoms with Crippen LogP contribution in [0, 0.1) is 0 Å². The van der Waals surface area contributed by atoms with Gasteiger partial charge in [0, 0.05) is 26.3 Å². The Balaban J connectivity index is 2.75. The molecule has 0 aromatic carbocycles. The van der Waals surface area contributed by atoms with Crippen LogP contribution in [0.15, 0.2) is 0 Å². The predicted octanol–water partition coefficient (Wildman–Crippen LogP) is 0.342. The Morgan fingerprint density at radius 2 is 1.60 bits per heavy atom. The third-order valence-electron chi connectivity index (χ3n) is 2.51. The number of hydrogen-bond acceptors (Lipinski definition) is 8. The summed E-state index contributed by atoms with van der Waals surface area (Å²) in [6.07, 6.45) is 0. The zero-order valence-corrected chi connectivity index (χ0v) is 12.3. The molecule has 20 heavy (non-hydrogen) atoms. The van der Waals surface area contributed by atoms with Crippen LogP contribution in [-0.2, 0) is 9.47 Å². The highest BCUT2D eigenvalue weighted by atomic mass is 16.5. The summed E-state index contributed by atoms with van der Waals surface area (Å²) in [7, 11) is 1.49. The molecule has 0 fully saturated rings. The van der Waals surface area contributed by atoms with Crippen molar-refractivity contribution < 1.29 is 14.2 Å². The van der Waals surface area contributed by atoms with Gasteiger partial charge >= 0.3 is 6.01 Å². The van der Waals surface area contributed by atoms with Crippen LogP contribution in [0.4, 0.5) is 11.9 Å². The van der Waals surface area contributed by atoms with E-state index in [0.29, 0.717) is 45.5 Å². The van der Waals surface area contributed by atoms with Gasteiger partial charge in [-0.15, -0.1) is 0 Å². The third kappa shape index (κ3) is 5.54. The molecule has 0 aliphatic carbocycles. The number of nitrogens with two attached hydrogens (primary N) is 1. The van der Waals surface area contributed by atoms with Crippen molar-refractivity contribution >= 4 is 11.9 Å². The highest BCUT2D eigenvalue weighted by Gasteiger charge is 2.13. The van der Waals surface area contributed by atoms with Crippen LogP contribution in [-0.4, -0.2) is 61.6 Å². The summed E-state index contributed by atoms with van der Waals surface area (Å²) in [5, 5.41) is 0. The van der Waals surface area contributed by atoms with Crippen LogP contribution in [0.3, 0.4) is 0 Å². The molecule has 0 saturated carbocycles. The van der Waals surface area contributed by atoms with Crippen molar-refractivity contribution in [3.8, 4) is 6.01 Å². The van der Waals surface area contributed by atoms with Gasteiger partial charge in [-0.2, -0.15) is 15.0 Å². The van der Waals surface area contributed by atoms with E-state index >= 15 is 0 Å². The minimum atomic E-state index is 0.129. The Morgan fingerprint density at radius 3 is 2.10 bits per heavy atom. The molecule has 8 nitrogen and oxygen atoms in total. The van der Waals surface area contributed by atoms with Crippen LogP contribution < -0.4 is 15.4 Å². The molecule has 1 aromatic rings. The van der Waals surface area contributed by atoms with Crippen LogP contribution >= 0.6 is 0 Å². The molecule has 0 unspecified atom stereocenters. The Morgan fingerprint density at radius 1 is 1.00 bits per heavy atom. The molecule has 114 valence electrons. The monoisotopic (exact) mass is 285 g/mol. The summed E-state index contributed by atoms with van der Waals surface area (Å²) in [4.78, 5) is 14.1. The lowest BCUT2D eigenvalue weighted by Crippen LogP contribution is -2.33. The van der Waals surface area contributed by atoms with Gasteiger partial charge in [0.1, 0.15) is 0 Å². The van der Waals surface area contributed by atoms with Crippen LogP contribution in [0.25, 0.3) is 0 Å². The summed E-state index contributed by atoms with van der Waals surface area (Å²) in [6.45, 7) is 7.70. The van der Waals surface area contributed by atoms with E-state index in [1.165, 1.54) is 7.11 Å². The molecule has 0 aliphatic rings. The number of nitrogens with zero attached hydrogens (tertiary/aromatic N) is 4. The van der Waals surface area contributed by atoms with Crippen molar-refractivity contribution in [3.63, 3.8) is 0 Å². The lowest BCUT2D eigenvalue weighted by molar-refractivity contribution is 0.141. The smallest absolute Gasteiger partial charge is 0.322 e. The van der Waals surface area contributed by atoms with Crippen molar-refractivity contribution in [2.75, 3.05) is 57.3 Å². The number of hydrogen-bond donors (Lipinski definition) is 1. The van der Waals surface area contributed by atoms with E-state index in [0.717, 1.165) is 0 Å². The fourth-order valence-corrected chi connectivity index (χ4v) is 1.54. The normalized spacial score (nSPS) is 10.6. The van der Waals surface area contributed by atoms with E-state index in [-0.39, 0.29) is 12.0 Å². The molecule has 0 spiro atoms. The SMILES string of the molecule is CCOCCN(CCOCC)c1nc(N)nc(OC)n1. The molecule has 0 saturated heterocycles. The Labute approximate surface area is 119 Å². The molecule has 1 rings (SSSR count). The van der Waals surface area contributed by atoms with E-state index in [9.17, 15) is 0 Å². The van der Waals surface area contributed by atoms with Gasteiger partial charge in [-0.3, -0.25) is 0 Å². The zero-order valence-electron chi connectivity index (χ0n) is 12.3. The van der Waals surface area contributed by atoms with Crippen LogP contribution in [0.5, 0.6) is 6.01 Å². The van der Waals surface area contributed by atoms with E-state index < -0.39 is 0 Å². The van der Waals surface area contributed by atoms with Gasteiger partial charge in [0.05, 0.1) is 20.3 Å². The van der Waals surface area contributed by atoms with Crippen molar-refractivity contribution in [1.82, 2.24) is 15.0 Å². The van der Waals surface area contributed by atoms with Gasteiger partial charge < -0.3 is 24.8 Å². The zero-order chi connectivity index (χ0) is 14.8. The molecule has 0 atom stereocenters. The highest BCUT2D eigenvalue weighted by Crippen LogP contribution is 2.12. The van der Waals surface area contributed by atoms with Gasteiger partial charge in [-0.05, 0) is 13.8 Å². The maximum Gasteiger partial charge on any atom is 0.322 e. The quantitative estimate of drug-likeness (QED) is 0.615. The summed E-state index contributed by atoms with van der Waals surface area (Å²) >= 11 is 0. The van der Waals surface area contributed by atoms with Crippen LogP contribution in [0.2, 0.25) is 0 Å². The Kier molecular flexibility index (Phi) is 7.59. The van der Waals surface area contributed by atoms with Crippen molar-refractivity contribution in [2.45, 2.75) is 13.8 Å². The molecule has 1 heterocycles. The van der Waals surface area contributed by atoms with Gasteiger partial charge in [0.25, 0.3) is 0 Å². The summed E-state index contributed by atoms with van der Waals surface area (Å²) in [5.41, 5.74) is 5.65. The third-order valence-corrected chi connectivity index (χ3v) is 2.51. The lowest BCUT2D eigenvalue weighted by atomic mass is 10.5. The van der Waals surface area contributed by atoms with Gasteiger partial charge in [0.15, 0.2) is 0 Å². The summed E-state index contributed by atoms with van der Waals surface area (Å²) < 4.78 is 15.7. The number of ether oxygens (including phenoxy) is 3. The molecular formula is C12H23N5O3. The van der Waals surface area contributed by atoms with Crippen molar-refractivity contribution in [1.29, 1.82) is 0 Å². The first-order chi connectivity index (χ1) is 9.71. The molecule has 0 amide bonds. The fourth-order valence-electron chi connectivity index (χ4n) is 1.54. The second-order valence-electron chi connectivity index (χ2n) is 3.86. The predicted molar refractivity (Wildman–Crippen MR) is 76.0 cm³/mol. The maximum atomic E-state index is 5.65. The Hall–Kier alpha value is -1.67. The molecule has 8 heteroatoms. The molecular weight excluding hydrogens is 262 g/mol. The number of rotatable bonds is 10. The van der Waals surface area contributed by atoms with Gasteiger partial charge in [-0.1, -0.05) is 0 Å². The van der Waals surface area contributed by atoms with E-state index in [4.69, 9.17) is 19.9 Å².